The molecule has 3 aromatic rings. The molecule has 1 atom stereocenters. The van der Waals surface area contributed by atoms with Gasteiger partial charge in [0.15, 0.2) is 5.82 Å². The second-order valence-electron chi connectivity index (χ2n) is 5.60. The maximum Gasteiger partial charge on any atom is 0.263 e. The topological polar surface area (TPSA) is 81.0 Å². The number of aryl methyl sites for hydroxylation is 1. The van der Waals surface area contributed by atoms with Crippen molar-refractivity contribution in [2.24, 2.45) is 0 Å². The monoisotopic (exact) mass is 297 g/mol. The van der Waals surface area contributed by atoms with E-state index < -0.39 is 0 Å². The van der Waals surface area contributed by atoms with Crippen LogP contribution < -0.4 is 5.43 Å². The van der Waals surface area contributed by atoms with Crippen LogP contribution in [0.15, 0.2) is 33.7 Å². The summed E-state index contributed by atoms with van der Waals surface area (Å²) in [7, 11) is 0. The van der Waals surface area contributed by atoms with E-state index in [4.69, 9.17) is 9.26 Å². The minimum Gasteiger partial charge on any atom is -0.381 e. The third kappa shape index (κ3) is 2.12. The van der Waals surface area contributed by atoms with Gasteiger partial charge in [0.25, 0.3) is 5.89 Å². The van der Waals surface area contributed by atoms with Gasteiger partial charge < -0.3 is 14.2 Å². The first-order valence-electron chi connectivity index (χ1n) is 7.26. The van der Waals surface area contributed by atoms with E-state index >= 15 is 0 Å². The molecule has 1 N–H and O–H groups in total. The molecule has 4 rings (SSSR count). The molecule has 6 heteroatoms. The predicted octanol–water partition coefficient (Wildman–Crippen LogP) is 2.39. The molecule has 0 bridgehead atoms. The van der Waals surface area contributed by atoms with Crippen molar-refractivity contribution in [1.82, 2.24) is 15.1 Å². The van der Waals surface area contributed by atoms with Crippen LogP contribution in [0.1, 0.15) is 23.7 Å². The van der Waals surface area contributed by atoms with Crippen LogP contribution in [-0.2, 0) is 4.74 Å². The van der Waals surface area contributed by atoms with Crippen LogP contribution >= 0.6 is 0 Å². The molecule has 112 valence electrons. The van der Waals surface area contributed by atoms with Crippen LogP contribution in [0.5, 0.6) is 0 Å². The molecule has 1 fully saturated rings. The Morgan fingerprint density at radius 3 is 3.09 bits per heavy atom. The molecular formula is C16H15N3O3. The van der Waals surface area contributed by atoms with Crippen molar-refractivity contribution in [3.63, 3.8) is 0 Å². The summed E-state index contributed by atoms with van der Waals surface area (Å²) in [5.41, 5.74) is 2.12. The van der Waals surface area contributed by atoms with Gasteiger partial charge >= 0.3 is 0 Å². The van der Waals surface area contributed by atoms with Crippen molar-refractivity contribution in [2.75, 3.05) is 13.2 Å². The number of benzene rings is 1. The summed E-state index contributed by atoms with van der Waals surface area (Å²) in [6.45, 7) is 3.27. The van der Waals surface area contributed by atoms with Gasteiger partial charge in [0.05, 0.1) is 6.61 Å². The first kappa shape index (κ1) is 13.2. The highest BCUT2D eigenvalue weighted by Gasteiger charge is 2.24. The number of fused-ring (bicyclic) bond motifs is 1. The van der Waals surface area contributed by atoms with Crippen molar-refractivity contribution < 1.29 is 9.26 Å². The normalized spacial score (nSPS) is 18.1. The lowest BCUT2D eigenvalue weighted by molar-refractivity contribution is 0.192. The average molecular weight is 297 g/mol. The number of ether oxygens (including phenoxy) is 1. The third-order valence-corrected chi connectivity index (χ3v) is 4.00. The Labute approximate surface area is 126 Å². The zero-order chi connectivity index (χ0) is 15.1. The number of hydrogen-bond acceptors (Lipinski definition) is 5. The van der Waals surface area contributed by atoms with Crippen LogP contribution in [0.2, 0.25) is 0 Å². The van der Waals surface area contributed by atoms with Gasteiger partial charge in [-0.1, -0.05) is 16.8 Å². The van der Waals surface area contributed by atoms with E-state index in [9.17, 15) is 4.79 Å². The zero-order valence-electron chi connectivity index (χ0n) is 12.1. The number of rotatable bonds is 2. The summed E-state index contributed by atoms with van der Waals surface area (Å²) in [5, 5.41) is 4.62. The molecule has 3 heterocycles. The fourth-order valence-electron chi connectivity index (χ4n) is 2.74. The molecule has 0 aliphatic carbocycles. The van der Waals surface area contributed by atoms with Crippen LogP contribution in [-0.4, -0.2) is 28.3 Å². The third-order valence-electron chi connectivity index (χ3n) is 4.00. The van der Waals surface area contributed by atoms with Crippen molar-refractivity contribution in [1.29, 1.82) is 0 Å². The SMILES string of the molecule is Cc1ccc2[nH]cc(-c3nc([C@@H]4CCOC4)no3)c(=O)c2c1. The Balaban J connectivity index is 1.80. The smallest absolute Gasteiger partial charge is 0.263 e. The lowest BCUT2D eigenvalue weighted by Crippen LogP contribution is -2.07. The van der Waals surface area contributed by atoms with Crippen molar-refractivity contribution in [3.8, 4) is 11.5 Å². The molecule has 6 nitrogen and oxygen atoms in total. The van der Waals surface area contributed by atoms with Gasteiger partial charge in [-0.15, -0.1) is 0 Å². The Morgan fingerprint density at radius 1 is 1.36 bits per heavy atom. The molecule has 0 radical (unpaired) electrons. The molecule has 2 aromatic heterocycles. The van der Waals surface area contributed by atoms with Crippen LogP contribution in [0.3, 0.4) is 0 Å². The van der Waals surface area contributed by atoms with Crippen LogP contribution in [0, 0.1) is 6.92 Å². The zero-order valence-corrected chi connectivity index (χ0v) is 12.1. The highest BCUT2D eigenvalue weighted by molar-refractivity contribution is 5.82. The van der Waals surface area contributed by atoms with E-state index in [0.29, 0.717) is 30.0 Å². The van der Waals surface area contributed by atoms with Gasteiger partial charge in [0.2, 0.25) is 5.43 Å². The van der Waals surface area contributed by atoms with Crippen LogP contribution in [0.4, 0.5) is 0 Å². The lowest BCUT2D eigenvalue weighted by Gasteiger charge is -2.01. The Kier molecular flexibility index (Phi) is 3.04. The van der Waals surface area contributed by atoms with E-state index in [2.05, 4.69) is 15.1 Å². The van der Waals surface area contributed by atoms with Crippen molar-refractivity contribution in [2.45, 2.75) is 19.3 Å². The highest BCUT2D eigenvalue weighted by Crippen LogP contribution is 2.25. The average Bonchev–Trinajstić information content (AvgIpc) is 3.19. The molecule has 0 amide bonds. The Hall–Kier alpha value is -2.47. The molecule has 1 aromatic carbocycles. The number of nitrogens with one attached hydrogen (secondary N) is 1. The summed E-state index contributed by atoms with van der Waals surface area (Å²) in [6.07, 6.45) is 2.51. The molecular weight excluding hydrogens is 282 g/mol. The summed E-state index contributed by atoms with van der Waals surface area (Å²) in [4.78, 5) is 20.1. The van der Waals surface area contributed by atoms with E-state index in [1.165, 1.54) is 0 Å². The largest absolute Gasteiger partial charge is 0.381 e. The fourth-order valence-corrected chi connectivity index (χ4v) is 2.74. The number of aromatic nitrogens is 3. The first-order chi connectivity index (χ1) is 10.7. The van der Waals surface area contributed by atoms with E-state index in [1.807, 2.05) is 25.1 Å². The summed E-state index contributed by atoms with van der Waals surface area (Å²) < 4.78 is 10.6. The fraction of sp³-hybridized carbons (Fsp3) is 0.312. The molecule has 1 aliphatic rings. The molecule has 0 saturated carbocycles. The molecule has 1 saturated heterocycles. The second kappa shape index (κ2) is 5.06. The molecule has 1 aliphatic heterocycles. The molecule has 0 unspecified atom stereocenters. The van der Waals surface area contributed by atoms with Gasteiger partial charge in [0, 0.05) is 29.6 Å². The summed E-state index contributed by atoms with van der Waals surface area (Å²) in [5.74, 6) is 1.02. The number of pyridine rings is 1. The van der Waals surface area contributed by atoms with Gasteiger partial charge in [-0.2, -0.15) is 4.98 Å². The van der Waals surface area contributed by atoms with Gasteiger partial charge in [0.1, 0.15) is 5.56 Å². The second-order valence-corrected chi connectivity index (χ2v) is 5.60. The van der Waals surface area contributed by atoms with Gasteiger partial charge in [-0.25, -0.2) is 0 Å². The minimum atomic E-state index is -0.102. The van der Waals surface area contributed by atoms with Crippen molar-refractivity contribution >= 4 is 10.9 Å². The standard InChI is InChI=1S/C16H15N3O3/c1-9-2-3-13-11(6-9)14(20)12(7-17-13)16-18-15(19-22-16)10-4-5-21-8-10/h2-3,6-7,10H,4-5,8H2,1H3,(H,17,20)/t10-/m1/s1. The minimum absolute atomic E-state index is 0.102. The number of aromatic amines is 1. The quantitative estimate of drug-likeness (QED) is 0.785. The van der Waals surface area contributed by atoms with Crippen LogP contribution in [0.25, 0.3) is 22.4 Å². The summed E-state index contributed by atoms with van der Waals surface area (Å²) in [6, 6.07) is 5.72. The number of H-pyrrole nitrogens is 1. The summed E-state index contributed by atoms with van der Waals surface area (Å²) >= 11 is 0. The predicted molar refractivity (Wildman–Crippen MR) is 80.8 cm³/mol. The maximum absolute atomic E-state index is 12.6. The van der Waals surface area contributed by atoms with E-state index in [1.54, 1.807) is 6.20 Å². The Bertz CT molecular complexity index is 891. The van der Waals surface area contributed by atoms with Crippen molar-refractivity contribution in [3.05, 3.63) is 46.0 Å². The maximum atomic E-state index is 12.6. The molecule has 22 heavy (non-hydrogen) atoms. The number of hydrogen-bond donors (Lipinski definition) is 1. The Morgan fingerprint density at radius 2 is 2.27 bits per heavy atom. The van der Waals surface area contributed by atoms with Gasteiger partial charge in [-0.05, 0) is 25.5 Å². The van der Waals surface area contributed by atoms with Gasteiger partial charge in [-0.3, -0.25) is 4.79 Å². The molecule has 0 spiro atoms. The van der Waals surface area contributed by atoms with E-state index in [-0.39, 0.29) is 17.2 Å². The van der Waals surface area contributed by atoms with E-state index in [0.717, 1.165) is 17.5 Å². The highest BCUT2D eigenvalue weighted by atomic mass is 16.5. The lowest BCUT2D eigenvalue weighted by atomic mass is 10.1. The first-order valence-corrected chi connectivity index (χ1v) is 7.26. The number of nitrogens with zero attached hydrogens (tertiary/aromatic N) is 2.